The van der Waals surface area contributed by atoms with Gasteiger partial charge in [-0.3, -0.25) is 10.1 Å². The number of nitrogen functional groups attached to an aromatic ring is 1. The topological polar surface area (TPSA) is 69.2 Å². The number of hydrogen-bond acceptors (Lipinski definition) is 3. The fourth-order valence-electron chi connectivity index (χ4n) is 1.35. The Morgan fingerprint density at radius 3 is 2.81 bits per heavy atom. The van der Waals surface area contributed by atoms with Crippen molar-refractivity contribution < 1.29 is 4.92 Å². The molecule has 0 unspecified atom stereocenters. The van der Waals surface area contributed by atoms with E-state index in [9.17, 15) is 10.1 Å². The third-order valence-corrected chi connectivity index (χ3v) is 2.63. The van der Waals surface area contributed by atoms with Gasteiger partial charge >= 0.3 is 0 Å². The largest absolute Gasteiger partial charge is 0.398 e. The van der Waals surface area contributed by atoms with Crippen LogP contribution in [0.5, 0.6) is 0 Å². The first-order chi connectivity index (χ1) is 7.56. The summed E-state index contributed by atoms with van der Waals surface area (Å²) in [5.74, 6) is 0. The number of rotatable bonds is 4. The predicted molar refractivity (Wildman–Crippen MR) is 69.7 cm³/mol. The number of benzene rings is 1. The van der Waals surface area contributed by atoms with Gasteiger partial charge in [-0.15, -0.1) is 0 Å². The quantitative estimate of drug-likeness (QED) is 0.399. The first-order valence-electron chi connectivity index (χ1n) is 4.83. The number of halogens is 1. The van der Waals surface area contributed by atoms with Crippen molar-refractivity contribution in [2.75, 3.05) is 11.1 Å². The number of alkyl halides is 1. The molecule has 16 heavy (non-hydrogen) atoms. The monoisotopic (exact) mass is 284 g/mol. The van der Waals surface area contributed by atoms with E-state index in [0.717, 1.165) is 17.3 Å². The van der Waals surface area contributed by atoms with Gasteiger partial charge in [0.25, 0.3) is 5.69 Å². The molecule has 0 fully saturated rings. The minimum absolute atomic E-state index is 0.0649. The molecule has 0 aliphatic heterocycles. The van der Waals surface area contributed by atoms with Gasteiger partial charge in [-0.05, 0) is 25.0 Å². The Morgan fingerprint density at radius 1 is 1.56 bits per heavy atom. The molecule has 0 saturated heterocycles. The van der Waals surface area contributed by atoms with Crippen LogP contribution in [-0.4, -0.2) is 10.3 Å². The third-order valence-electron chi connectivity index (χ3n) is 2.17. The molecule has 0 amide bonds. The Bertz CT molecular complexity index is 430. The number of nitro benzene ring substituents is 1. The maximum Gasteiger partial charge on any atom is 0.274 e. The van der Waals surface area contributed by atoms with Gasteiger partial charge in [0.2, 0.25) is 0 Å². The van der Waals surface area contributed by atoms with Gasteiger partial charge in [-0.1, -0.05) is 28.1 Å². The van der Waals surface area contributed by atoms with E-state index in [4.69, 9.17) is 5.73 Å². The van der Waals surface area contributed by atoms with Gasteiger partial charge in [0.05, 0.1) is 4.92 Å². The lowest BCUT2D eigenvalue weighted by molar-refractivity contribution is -0.385. The molecule has 0 atom stereocenters. The zero-order chi connectivity index (χ0) is 12.1. The Kier molecular flexibility index (Phi) is 4.49. The van der Waals surface area contributed by atoms with Crippen LogP contribution < -0.4 is 5.73 Å². The van der Waals surface area contributed by atoms with Crippen molar-refractivity contribution in [1.29, 1.82) is 0 Å². The van der Waals surface area contributed by atoms with Crippen molar-refractivity contribution in [1.82, 2.24) is 0 Å². The molecule has 1 aromatic rings. The van der Waals surface area contributed by atoms with Crippen LogP contribution in [0.2, 0.25) is 0 Å². The summed E-state index contributed by atoms with van der Waals surface area (Å²) in [5, 5.41) is 11.6. The molecule has 1 rings (SSSR count). The van der Waals surface area contributed by atoms with Crippen molar-refractivity contribution in [3.05, 3.63) is 39.4 Å². The van der Waals surface area contributed by atoms with E-state index in [-0.39, 0.29) is 5.69 Å². The first-order valence-corrected chi connectivity index (χ1v) is 5.95. The predicted octanol–water partition coefficient (Wildman–Crippen LogP) is 3.28. The summed E-state index contributed by atoms with van der Waals surface area (Å²) in [4.78, 5) is 10.3. The molecule has 2 N–H and O–H groups in total. The molecule has 0 spiro atoms. The Balaban J connectivity index is 3.05. The molecular formula is C11H13BrN2O2. The Morgan fingerprint density at radius 2 is 2.25 bits per heavy atom. The fraction of sp³-hybridized carbons (Fsp3) is 0.273. The minimum Gasteiger partial charge on any atom is -0.398 e. The summed E-state index contributed by atoms with van der Waals surface area (Å²) in [6.07, 6.45) is 4.76. The van der Waals surface area contributed by atoms with Crippen molar-refractivity contribution >= 4 is 33.4 Å². The molecule has 4 nitrogen and oxygen atoms in total. The lowest BCUT2D eigenvalue weighted by Gasteiger charge is -2.03. The second-order valence-corrected chi connectivity index (χ2v) is 4.20. The van der Waals surface area contributed by atoms with Gasteiger partial charge in [-0.25, -0.2) is 0 Å². The maximum atomic E-state index is 10.7. The molecule has 0 aliphatic rings. The highest BCUT2D eigenvalue weighted by molar-refractivity contribution is 9.09. The van der Waals surface area contributed by atoms with E-state index >= 15 is 0 Å². The molecule has 5 heteroatoms. The second kappa shape index (κ2) is 5.65. The number of nitrogens with two attached hydrogens (primary N) is 1. The Hall–Kier alpha value is -1.36. The lowest BCUT2D eigenvalue weighted by Crippen LogP contribution is -1.96. The smallest absolute Gasteiger partial charge is 0.274 e. The van der Waals surface area contributed by atoms with Crippen LogP contribution in [0.3, 0.4) is 0 Å². The number of allylic oxidation sites excluding steroid dienone is 1. The Labute approximate surface area is 102 Å². The van der Waals surface area contributed by atoms with Crippen LogP contribution in [0, 0.1) is 17.0 Å². The highest BCUT2D eigenvalue weighted by Crippen LogP contribution is 2.25. The van der Waals surface area contributed by atoms with E-state index in [1.807, 2.05) is 12.2 Å². The van der Waals surface area contributed by atoms with Gasteiger partial charge in [-0.2, -0.15) is 0 Å². The molecule has 0 radical (unpaired) electrons. The lowest BCUT2D eigenvalue weighted by atomic mass is 10.1. The standard InChI is InChI=1S/C11H13BrN2O2/c1-8-6-9(4-2-3-5-12)10(13)7-11(8)14(15)16/h2,4,6-7H,3,5,13H2,1H3. The van der Waals surface area contributed by atoms with Crippen molar-refractivity contribution in [2.45, 2.75) is 13.3 Å². The molecular weight excluding hydrogens is 272 g/mol. The van der Waals surface area contributed by atoms with Crippen LogP contribution in [0.1, 0.15) is 17.5 Å². The van der Waals surface area contributed by atoms with E-state index in [2.05, 4.69) is 15.9 Å². The maximum absolute atomic E-state index is 10.7. The average Bonchev–Trinajstić information content (AvgIpc) is 2.22. The van der Waals surface area contributed by atoms with Gasteiger partial charge in [0, 0.05) is 22.6 Å². The van der Waals surface area contributed by atoms with Crippen LogP contribution in [-0.2, 0) is 0 Å². The third kappa shape index (κ3) is 3.06. The van der Waals surface area contributed by atoms with Gasteiger partial charge in [0.15, 0.2) is 0 Å². The van der Waals surface area contributed by atoms with Crippen molar-refractivity contribution in [2.24, 2.45) is 0 Å². The summed E-state index contributed by atoms with van der Waals surface area (Å²) in [7, 11) is 0. The zero-order valence-electron chi connectivity index (χ0n) is 8.94. The number of anilines is 1. The number of aryl methyl sites for hydroxylation is 1. The van der Waals surface area contributed by atoms with Gasteiger partial charge in [0.1, 0.15) is 0 Å². The highest BCUT2D eigenvalue weighted by Gasteiger charge is 2.12. The normalized spacial score (nSPS) is 10.9. The van der Waals surface area contributed by atoms with Crippen molar-refractivity contribution in [3.63, 3.8) is 0 Å². The molecule has 0 aromatic heterocycles. The van der Waals surface area contributed by atoms with Gasteiger partial charge < -0.3 is 5.73 Å². The van der Waals surface area contributed by atoms with Crippen molar-refractivity contribution in [3.8, 4) is 0 Å². The summed E-state index contributed by atoms with van der Waals surface area (Å²) >= 11 is 3.31. The molecule has 0 bridgehead atoms. The fourth-order valence-corrected chi connectivity index (χ4v) is 1.61. The summed E-state index contributed by atoms with van der Waals surface area (Å²) in [6, 6.07) is 3.14. The second-order valence-electron chi connectivity index (χ2n) is 3.40. The van der Waals surface area contributed by atoms with E-state index < -0.39 is 4.92 Å². The molecule has 0 heterocycles. The van der Waals surface area contributed by atoms with Crippen LogP contribution >= 0.6 is 15.9 Å². The van der Waals surface area contributed by atoms with E-state index in [1.54, 1.807) is 13.0 Å². The summed E-state index contributed by atoms with van der Waals surface area (Å²) in [5.41, 5.74) is 7.69. The van der Waals surface area contributed by atoms with Crippen LogP contribution in [0.4, 0.5) is 11.4 Å². The number of hydrogen-bond donors (Lipinski definition) is 1. The first kappa shape index (κ1) is 12.7. The molecule has 0 saturated carbocycles. The van der Waals surface area contributed by atoms with Crippen LogP contribution in [0.25, 0.3) is 6.08 Å². The molecule has 0 aliphatic carbocycles. The summed E-state index contributed by atoms with van der Waals surface area (Å²) in [6.45, 7) is 1.71. The molecule has 1 aromatic carbocycles. The van der Waals surface area contributed by atoms with Crippen LogP contribution in [0.15, 0.2) is 18.2 Å². The minimum atomic E-state index is -0.419. The zero-order valence-corrected chi connectivity index (χ0v) is 10.5. The summed E-state index contributed by atoms with van der Waals surface area (Å²) < 4.78 is 0. The number of nitro groups is 1. The molecule has 86 valence electrons. The number of nitrogens with zero attached hydrogens (tertiary/aromatic N) is 1. The average molecular weight is 285 g/mol. The highest BCUT2D eigenvalue weighted by atomic mass is 79.9. The van der Waals surface area contributed by atoms with E-state index in [0.29, 0.717) is 11.3 Å². The van der Waals surface area contributed by atoms with E-state index in [1.165, 1.54) is 6.07 Å². The SMILES string of the molecule is Cc1cc(C=CCCBr)c(N)cc1[N+](=O)[O-].